The molecule has 0 aromatic heterocycles. The fourth-order valence-corrected chi connectivity index (χ4v) is 4.50. The Labute approximate surface area is 176 Å². The first-order chi connectivity index (χ1) is 13.5. The van der Waals surface area contributed by atoms with Crippen LogP contribution in [0.2, 0.25) is 0 Å². The van der Waals surface area contributed by atoms with E-state index in [1.165, 1.54) is 4.90 Å². The summed E-state index contributed by atoms with van der Waals surface area (Å²) in [4.78, 5) is 41.7. The second-order valence-corrected chi connectivity index (χ2v) is 8.04. The molecular formula is C21H28ClN3O4. The SMILES string of the molecule is CC(N)C1CCCCN1C(=O)c1ccc2c(c1)C(=O)N(CC1CCCO1)C2=O.Cl. The van der Waals surface area contributed by atoms with E-state index in [2.05, 4.69) is 0 Å². The van der Waals surface area contributed by atoms with Gasteiger partial charge in [-0.2, -0.15) is 0 Å². The first-order valence-electron chi connectivity index (χ1n) is 10.2. The van der Waals surface area contributed by atoms with Crippen LogP contribution in [0.5, 0.6) is 0 Å². The van der Waals surface area contributed by atoms with Crippen LogP contribution in [0.25, 0.3) is 0 Å². The minimum absolute atomic E-state index is 0. The number of hydrogen-bond donors (Lipinski definition) is 1. The zero-order valence-electron chi connectivity index (χ0n) is 16.6. The van der Waals surface area contributed by atoms with E-state index >= 15 is 0 Å². The molecule has 0 bridgehead atoms. The van der Waals surface area contributed by atoms with E-state index in [0.29, 0.717) is 29.8 Å². The summed E-state index contributed by atoms with van der Waals surface area (Å²) in [6.07, 6.45) is 4.61. The molecule has 0 aliphatic carbocycles. The Morgan fingerprint density at radius 3 is 2.62 bits per heavy atom. The van der Waals surface area contributed by atoms with Crippen molar-refractivity contribution in [3.63, 3.8) is 0 Å². The van der Waals surface area contributed by atoms with Crippen molar-refractivity contribution in [2.24, 2.45) is 5.73 Å². The van der Waals surface area contributed by atoms with Gasteiger partial charge in [0, 0.05) is 30.8 Å². The van der Waals surface area contributed by atoms with Crippen molar-refractivity contribution in [1.29, 1.82) is 0 Å². The Hall–Kier alpha value is -1.96. The fourth-order valence-electron chi connectivity index (χ4n) is 4.50. The molecule has 8 heteroatoms. The lowest BCUT2D eigenvalue weighted by Gasteiger charge is -2.38. The highest BCUT2D eigenvalue weighted by Gasteiger charge is 2.38. The van der Waals surface area contributed by atoms with Gasteiger partial charge >= 0.3 is 0 Å². The minimum atomic E-state index is -0.340. The van der Waals surface area contributed by atoms with E-state index in [0.717, 1.165) is 32.1 Å². The van der Waals surface area contributed by atoms with Gasteiger partial charge in [-0.25, -0.2) is 0 Å². The van der Waals surface area contributed by atoms with Gasteiger partial charge in [0.25, 0.3) is 17.7 Å². The summed E-state index contributed by atoms with van der Waals surface area (Å²) in [7, 11) is 0. The van der Waals surface area contributed by atoms with Gasteiger partial charge < -0.3 is 15.4 Å². The molecule has 1 aromatic carbocycles. The van der Waals surface area contributed by atoms with Crippen molar-refractivity contribution in [1.82, 2.24) is 9.80 Å². The summed E-state index contributed by atoms with van der Waals surface area (Å²) in [6, 6.07) is 4.71. The van der Waals surface area contributed by atoms with E-state index in [1.807, 2.05) is 11.8 Å². The summed E-state index contributed by atoms with van der Waals surface area (Å²) in [5.41, 5.74) is 7.20. The lowest BCUT2D eigenvalue weighted by molar-refractivity contribution is 0.0475. The number of carbonyl (C=O) groups is 3. The Bertz CT molecular complexity index is 807. The summed E-state index contributed by atoms with van der Waals surface area (Å²) in [5, 5.41) is 0. The highest BCUT2D eigenvalue weighted by Crippen LogP contribution is 2.28. The Kier molecular flexibility index (Phi) is 6.61. The van der Waals surface area contributed by atoms with Gasteiger partial charge in [0.05, 0.1) is 23.8 Å². The molecule has 1 aromatic rings. The molecule has 2 N–H and O–H groups in total. The Morgan fingerprint density at radius 1 is 1.17 bits per heavy atom. The monoisotopic (exact) mass is 421 g/mol. The number of carbonyl (C=O) groups excluding carboxylic acids is 3. The molecule has 4 rings (SSSR count). The predicted molar refractivity (Wildman–Crippen MR) is 110 cm³/mol. The molecule has 2 fully saturated rings. The van der Waals surface area contributed by atoms with Gasteiger partial charge in [0.15, 0.2) is 0 Å². The van der Waals surface area contributed by atoms with E-state index in [1.54, 1.807) is 18.2 Å². The molecule has 3 atom stereocenters. The molecule has 3 aliphatic rings. The van der Waals surface area contributed by atoms with Gasteiger partial charge in [0.1, 0.15) is 0 Å². The number of likely N-dealkylation sites (tertiary alicyclic amines) is 1. The summed E-state index contributed by atoms with van der Waals surface area (Å²) < 4.78 is 5.57. The van der Waals surface area contributed by atoms with Crippen LogP contribution in [-0.2, 0) is 4.74 Å². The van der Waals surface area contributed by atoms with E-state index in [-0.39, 0.29) is 54.9 Å². The second kappa shape index (κ2) is 8.81. The van der Waals surface area contributed by atoms with Gasteiger partial charge in [-0.3, -0.25) is 19.3 Å². The molecule has 3 unspecified atom stereocenters. The molecule has 29 heavy (non-hydrogen) atoms. The molecule has 158 valence electrons. The molecule has 0 spiro atoms. The number of halogens is 1. The van der Waals surface area contributed by atoms with Crippen LogP contribution >= 0.6 is 12.4 Å². The molecule has 3 amide bonds. The van der Waals surface area contributed by atoms with E-state index in [9.17, 15) is 14.4 Å². The quantitative estimate of drug-likeness (QED) is 0.752. The van der Waals surface area contributed by atoms with Crippen LogP contribution in [0.3, 0.4) is 0 Å². The van der Waals surface area contributed by atoms with Gasteiger partial charge in [-0.15, -0.1) is 12.4 Å². The average molecular weight is 422 g/mol. The second-order valence-electron chi connectivity index (χ2n) is 8.04. The molecule has 2 saturated heterocycles. The third kappa shape index (κ3) is 4.04. The number of piperidine rings is 1. The topological polar surface area (TPSA) is 92.9 Å². The first kappa shape index (κ1) is 21.7. The maximum absolute atomic E-state index is 13.1. The van der Waals surface area contributed by atoms with Crippen molar-refractivity contribution in [2.75, 3.05) is 19.7 Å². The number of benzene rings is 1. The third-order valence-electron chi connectivity index (χ3n) is 6.04. The van der Waals surface area contributed by atoms with Crippen LogP contribution in [0.1, 0.15) is 70.1 Å². The van der Waals surface area contributed by atoms with E-state index < -0.39 is 0 Å². The number of imide groups is 1. The lowest BCUT2D eigenvalue weighted by Crippen LogP contribution is -2.51. The smallest absolute Gasteiger partial charge is 0.261 e. The largest absolute Gasteiger partial charge is 0.376 e. The summed E-state index contributed by atoms with van der Waals surface area (Å²) >= 11 is 0. The molecule has 3 heterocycles. The fraction of sp³-hybridized carbons (Fsp3) is 0.571. The van der Waals surface area contributed by atoms with Crippen LogP contribution in [0.15, 0.2) is 18.2 Å². The number of rotatable bonds is 4. The zero-order valence-corrected chi connectivity index (χ0v) is 17.5. The minimum Gasteiger partial charge on any atom is -0.376 e. The van der Waals surface area contributed by atoms with Crippen molar-refractivity contribution in [3.8, 4) is 0 Å². The summed E-state index contributed by atoms with van der Waals surface area (Å²) in [6.45, 7) is 3.53. The third-order valence-corrected chi connectivity index (χ3v) is 6.04. The van der Waals surface area contributed by atoms with Gasteiger partial charge in [-0.1, -0.05) is 0 Å². The number of nitrogens with two attached hydrogens (primary N) is 1. The zero-order chi connectivity index (χ0) is 19.8. The molecular weight excluding hydrogens is 394 g/mol. The Balaban J connectivity index is 0.00000240. The van der Waals surface area contributed by atoms with Crippen molar-refractivity contribution in [3.05, 3.63) is 34.9 Å². The van der Waals surface area contributed by atoms with Gasteiger partial charge in [-0.05, 0) is 57.2 Å². The highest BCUT2D eigenvalue weighted by molar-refractivity contribution is 6.22. The number of hydrogen-bond acceptors (Lipinski definition) is 5. The van der Waals surface area contributed by atoms with Crippen molar-refractivity contribution < 1.29 is 19.1 Å². The van der Waals surface area contributed by atoms with Gasteiger partial charge in [0.2, 0.25) is 0 Å². The lowest BCUT2D eigenvalue weighted by atomic mass is 9.95. The van der Waals surface area contributed by atoms with E-state index in [4.69, 9.17) is 10.5 Å². The first-order valence-corrected chi connectivity index (χ1v) is 10.2. The number of ether oxygens (including phenoxy) is 1. The average Bonchev–Trinajstić information content (AvgIpc) is 3.30. The number of fused-ring (bicyclic) bond motifs is 1. The molecule has 7 nitrogen and oxygen atoms in total. The predicted octanol–water partition coefficient (Wildman–Crippen LogP) is 2.23. The van der Waals surface area contributed by atoms with Crippen LogP contribution < -0.4 is 5.73 Å². The number of nitrogens with zero attached hydrogens (tertiary/aromatic N) is 2. The Morgan fingerprint density at radius 2 is 1.93 bits per heavy atom. The maximum atomic E-state index is 13.1. The normalized spacial score (nSPS) is 25.0. The molecule has 3 aliphatic heterocycles. The van der Waals surface area contributed by atoms with Crippen LogP contribution in [0.4, 0.5) is 0 Å². The van der Waals surface area contributed by atoms with Crippen molar-refractivity contribution in [2.45, 2.75) is 57.2 Å². The van der Waals surface area contributed by atoms with Crippen LogP contribution in [-0.4, -0.2) is 65.4 Å². The molecule has 0 radical (unpaired) electrons. The van der Waals surface area contributed by atoms with Crippen molar-refractivity contribution >= 4 is 30.1 Å². The van der Waals surface area contributed by atoms with Crippen LogP contribution in [0, 0.1) is 0 Å². The molecule has 0 saturated carbocycles. The number of amides is 3. The standard InChI is InChI=1S/C21H27N3O4.ClH/c1-13(22)18-6-2-3-9-23(18)19(25)14-7-8-16-17(11-14)21(27)24(20(16)26)12-15-5-4-10-28-15;/h7-8,11,13,15,18H,2-6,9-10,12,22H2,1H3;1H. The maximum Gasteiger partial charge on any atom is 0.261 e. The summed E-state index contributed by atoms with van der Waals surface area (Å²) in [5.74, 6) is -0.768. The highest BCUT2D eigenvalue weighted by atomic mass is 35.5.